The van der Waals surface area contributed by atoms with Crippen molar-refractivity contribution < 1.29 is 13.9 Å². The van der Waals surface area contributed by atoms with E-state index in [1.54, 1.807) is 25.1 Å². The second-order valence-corrected chi connectivity index (χ2v) is 7.63. The van der Waals surface area contributed by atoms with Gasteiger partial charge < -0.3 is 10.1 Å². The summed E-state index contributed by atoms with van der Waals surface area (Å²) in [5, 5.41) is 8.08. The highest BCUT2D eigenvalue weighted by Gasteiger charge is 2.21. The van der Waals surface area contributed by atoms with E-state index in [0.717, 1.165) is 11.3 Å². The summed E-state index contributed by atoms with van der Waals surface area (Å²) in [6.45, 7) is 6.10. The molecule has 0 saturated heterocycles. The first-order valence-corrected chi connectivity index (χ1v) is 10.5. The smallest absolute Gasteiger partial charge is 0.350 e. The molecule has 11 heteroatoms. The molecule has 0 aliphatic heterocycles. The van der Waals surface area contributed by atoms with Crippen LogP contribution in [0.5, 0.6) is 0 Å². The fourth-order valence-electron chi connectivity index (χ4n) is 3.04. The number of fused-ring (bicyclic) bond motifs is 1. The van der Waals surface area contributed by atoms with Gasteiger partial charge in [0.15, 0.2) is 10.8 Å². The van der Waals surface area contributed by atoms with Gasteiger partial charge in [0.1, 0.15) is 22.4 Å². The number of carbonyl (C=O) groups is 1. The molecule has 4 rings (SSSR count). The zero-order chi connectivity index (χ0) is 22.7. The predicted octanol–water partition coefficient (Wildman–Crippen LogP) is 3.00. The van der Waals surface area contributed by atoms with E-state index in [1.165, 1.54) is 33.9 Å². The lowest BCUT2D eigenvalue weighted by Gasteiger charge is -2.06. The zero-order valence-corrected chi connectivity index (χ0v) is 17.9. The van der Waals surface area contributed by atoms with Gasteiger partial charge in [-0.2, -0.15) is 5.10 Å². The van der Waals surface area contributed by atoms with Gasteiger partial charge in [0.05, 0.1) is 30.7 Å². The monoisotopic (exact) mass is 454 g/mol. The van der Waals surface area contributed by atoms with Crippen LogP contribution in [-0.4, -0.2) is 43.4 Å². The Labute approximate surface area is 185 Å². The maximum Gasteiger partial charge on any atom is 0.350 e. The van der Waals surface area contributed by atoms with Gasteiger partial charge >= 0.3 is 5.97 Å². The van der Waals surface area contributed by atoms with Crippen molar-refractivity contribution in [2.45, 2.75) is 13.5 Å². The lowest BCUT2D eigenvalue weighted by molar-refractivity contribution is 0.0530. The Kier molecular flexibility index (Phi) is 6.08. The molecule has 0 aliphatic rings. The van der Waals surface area contributed by atoms with Crippen molar-refractivity contribution in [3.05, 3.63) is 76.2 Å². The molecule has 0 spiro atoms. The average Bonchev–Trinajstić information content (AvgIpc) is 3.40. The second kappa shape index (κ2) is 9.10. The highest BCUT2D eigenvalue weighted by Crippen LogP contribution is 2.25. The minimum absolute atomic E-state index is 0.0317. The van der Waals surface area contributed by atoms with Gasteiger partial charge in [0, 0.05) is 6.54 Å². The van der Waals surface area contributed by atoms with Crippen LogP contribution in [0.1, 0.15) is 22.3 Å². The summed E-state index contributed by atoms with van der Waals surface area (Å²) in [4.78, 5) is 34.6. The largest absolute Gasteiger partial charge is 0.462 e. The molecule has 9 nitrogen and oxygen atoms in total. The fraction of sp³-hybridized carbons (Fsp3) is 0.190. The number of benzene rings is 1. The number of hydrogen-bond donors (Lipinski definition) is 1. The van der Waals surface area contributed by atoms with Crippen LogP contribution in [0.25, 0.3) is 16.7 Å². The Morgan fingerprint density at radius 2 is 2.12 bits per heavy atom. The van der Waals surface area contributed by atoms with E-state index in [-0.39, 0.29) is 29.9 Å². The van der Waals surface area contributed by atoms with Crippen LogP contribution in [0, 0.1) is 5.82 Å². The molecule has 0 aliphatic carbocycles. The van der Waals surface area contributed by atoms with Gasteiger partial charge in [-0.25, -0.2) is 23.8 Å². The van der Waals surface area contributed by atoms with Crippen LogP contribution >= 0.6 is 11.3 Å². The number of anilines is 1. The Hall–Kier alpha value is -3.86. The maximum atomic E-state index is 13.2. The molecule has 0 radical (unpaired) electrons. The van der Waals surface area contributed by atoms with E-state index in [2.05, 4.69) is 27.0 Å². The molecular formula is C21H19FN6O3S. The normalized spacial score (nSPS) is 10.9. The number of nitrogens with zero attached hydrogens (tertiary/aromatic N) is 5. The van der Waals surface area contributed by atoms with Crippen LogP contribution in [0.4, 0.5) is 9.52 Å². The van der Waals surface area contributed by atoms with E-state index in [4.69, 9.17) is 4.74 Å². The maximum absolute atomic E-state index is 13.2. The minimum Gasteiger partial charge on any atom is -0.462 e. The third-order valence-electron chi connectivity index (χ3n) is 4.50. The van der Waals surface area contributed by atoms with Crippen LogP contribution in [0.3, 0.4) is 0 Å². The number of thiazole rings is 1. The second-order valence-electron chi connectivity index (χ2n) is 6.63. The third kappa shape index (κ3) is 4.14. The molecule has 3 heterocycles. The summed E-state index contributed by atoms with van der Waals surface area (Å²) in [5.74, 6) is -0.874. The van der Waals surface area contributed by atoms with Gasteiger partial charge in [-0.3, -0.25) is 9.36 Å². The van der Waals surface area contributed by atoms with Crippen molar-refractivity contribution >= 4 is 33.5 Å². The van der Waals surface area contributed by atoms with E-state index < -0.39 is 5.97 Å². The number of aromatic nitrogens is 5. The molecule has 1 N–H and O–H groups in total. The molecule has 1 aromatic carbocycles. The Morgan fingerprint density at radius 1 is 1.34 bits per heavy atom. The lowest BCUT2D eigenvalue weighted by atomic mass is 10.3. The summed E-state index contributed by atoms with van der Waals surface area (Å²) >= 11 is 1.15. The molecule has 0 saturated carbocycles. The van der Waals surface area contributed by atoms with Crippen molar-refractivity contribution in [1.82, 2.24) is 24.3 Å². The summed E-state index contributed by atoms with van der Waals surface area (Å²) < 4.78 is 21.2. The number of hydrogen-bond acceptors (Lipinski definition) is 8. The van der Waals surface area contributed by atoms with Gasteiger partial charge in [-0.15, -0.1) is 6.58 Å². The van der Waals surface area contributed by atoms with Crippen LogP contribution < -0.4 is 10.9 Å². The number of halogens is 1. The molecular weight excluding hydrogens is 435 g/mol. The van der Waals surface area contributed by atoms with Crippen molar-refractivity contribution in [3.8, 4) is 5.69 Å². The number of esters is 1. The predicted molar refractivity (Wildman–Crippen MR) is 119 cm³/mol. The number of ether oxygens (including phenoxy) is 1. The Morgan fingerprint density at radius 3 is 2.84 bits per heavy atom. The number of carbonyl (C=O) groups excluding carboxylic acids is 1. The molecule has 0 amide bonds. The average molecular weight is 454 g/mol. The van der Waals surface area contributed by atoms with E-state index in [9.17, 15) is 14.0 Å². The van der Waals surface area contributed by atoms with Crippen LogP contribution in [-0.2, 0) is 11.3 Å². The van der Waals surface area contributed by atoms with Crippen molar-refractivity contribution in [2.24, 2.45) is 0 Å². The topological polar surface area (TPSA) is 104 Å². The van der Waals surface area contributed by atoms with Gasteiger partial charge in [0.25, 0.3) is 5.56 Å². The van der Waals surface area contributed by atoms with Crippen LogP contribution in [0.15, 0.2) is 54.2 Å². The first kappa shape index (κ1) is 21.4. The molecule has 0 bridgehead atoms. The van der Waals surface area contributed by atoms with Gasteiger partial charge in [-0.05, 0) is 31.2 Å². The van der Waals surface area contributed by atoms with E-state index in [0.29, 0.717) is 33.6 Å². The Balaban J connectivity index is 1.70. The molecule has 3 aromatic heterocycles. The molecule has 0 atom stereocenters. The summed E-state index contributed by atoms with van der Waals surface area (Å²) in [7, 11) is 0. The minimum atomic E-state index is -0.502. The number of rotatable bonds is 8. The summed E-state index contributed by atoms with van der Waals surface area (Å²) in [5.41, 5.74) is 0.976. The molecule has 4 aromatic rings. The summed E-state index contributed by atoms with van der Waals surface area (Å²) in [6.07, 6.45) is 4.46. The molecule has 164 valence electrons. The highest BCUT2D eigenvalue weighted by atomic mass is 32.1. The first-order chi connectivity index (χ1) is 15.5. The third-order valence-corrected chi connectivity index (χ3v) is 5.54. The summed E-state index contributed by atoms with van der Waals surface area (Å²) in [6, 6.07) is 5.71. The quantitative estimate of drug-likeness (QED) is 0.322. The highest BCUT2D eigenvalue weighted by molar-refractivity contribution is 7.17. The first-order valence-electron chi connectivity index (χ1n) is 9.72. The van der Waals surface area contributed by atoms with Gasteiger partial charge in [-0.1, -0.05) is 17.4 Å². The number of nitrogens with one attached hydrogen (secondary N) is 1. The van der Waals surface area contributed by atoms with Crippen LogP contribution in [0.2, 0.25) is 0 Å². The molecule has 0 fully saturated rings. The standard InChI is InChI=1S/C21H19FN6O3S/c1-3-9-23-21-26-16(17(32-21)20(30)31-4-2)11-27-12-24-18-15(19(27)29)10-25-28(18)14-7-5-13(22)6-8-14/h3,5-8,10,12H,1,4,9,11H2,2H3,(H,23,26). The zero-order valence-electron chi connectivity index (χ0n) is 17.1. The van der Waals surface area contributed by atoms with Crippen molar-refractivity contribution in [2.75, 3.05) is 18.5 Å². The Bertz CT molecular complexity index is 1340. The van der Waals surface area contributed by atoms with Crippen molar-refractivity contribution in [3.63, 3.8) is 0 Å². The molecule has 0 unspecified atom stereocenters. The molecule has 32 heavy (non-hydrogen) atoms. The SMILES string of the molecule is C=CCNc1nc(Cn2cnc3c(cnn3-c3ccc(F)cc3)c2=O)c(C(=O)OCC)s1. The van der Waals surface area contributed by atoms with Crippen molar-refractivity contribution in [1.29, 1.82) is 0 Å². The van der Waals surface area contributed by atoms with E-state index >= 15 is 0 Å². The van der Waals surface area contributed by atoms with Gasteiger partial charge in [0.2, 0.25) is 0 Å². The van der Waals surface area contributed by atoms with E-state index in [1.807, 2.05) is 0 Å². The fourth-order valence-corrected chi connectivity index (χ4v) is 3.92. The lowest BCUT2D eigenvalue weighted by Crippen LogP contribution is -2.22.